The summed E-state index contributed by atoms with van der Waals surface area (Å²) in [5.41, 5.74) is 0.576. The summed E-state index contributed by atoms with van der Waals surface area (Å²) in [5, 5.41) is 0. The summed E-state index contributed by atoms with van der Waals surface area (Å²) in [5.74, 6) is 6.90. The van der Waals surface area contributed by atoms with Crippen LogP contribution in [0.5, 0.6) is 0 Å². The van der Waals surface area contributed by atoms with Crippen LogP contribution in [-0.4, -0.2) is 4.98 Å². The van der Waals surface area contributed by atoms with Gasteiger partial charge in [0.15, 0.2) is 0 Å². The fourth-order valence-electron chi connectivity index (χ4n) is 9.82. The third-order valence-electron chi connectivity index (χ3n) is 11.2. The van der Waals surface area contributed by atoms with Crippen LogP contribution < -0.4 is 0 Å². The minimum atomic E-state index is -4.36. The van der Waals surface area contributed by atoms with E-state index in [9.17, 15) is 13.2 Å². The van der Waals surface area contributed by atoms with Crippen molar-refractivity contribution in [2.24, 2.45) is 52.8 Å². The second-order valence-electron chi connectivity index (χ2n) is 12.9. The Hall–Kier alpha value is -1.06. The minimum Gasteiger partial charge on any atom is -0.252 e. The van der Waals surface area contributed by atoms with Crippen LogP contribution in [0.4, 0.5) is 13.2 Å². The quantitative estimate of drug-likeness (QED) is 0.414. The lowest BCUT2D eigenvalue weighted by Gasteiger charge is -2.57. The number of rotatable bonds is 5. The van der Waals surface area contributed by atoms with Crippen LogP contribution in [0.25, 0.3) is 0 Å². The lowest BCUT2D eigenvalue weighted by atomic mass is 9.48. The topological polar surface area (TPSA) is 12.9 Å². The number of nitrogens with zero attached hydrogens (tertiary/aromatic N) is 1. The summed E-state index contributed by atoms with van der Waals surface area (Å²) in [6.45, 7) is 7.27. The minimum absolute atomic E-state index is 0.409. The first-order chi connectivity index (χ1) is 16.2. The molecule has 0 bridgehead atoms. The van der Waals surface area contributed by atoms with E-state index in [2.05, 4.69) is 25.8 Å². The van der Waals surface area contributed by atoms with Gasteiger partial charge in [-0.3, -0.25) is 4.98 Å². The molecule has 0 radical (unpaired) electrons. The van der Waals surface area contributed by atoms with Gasteiger partial charge in [0.1, 0.15) is 5.69 Å². The number of pyridine rings is 1. The number of alkyl halides is 3. The maximum Gasteiger partial charge on any atom is 0.433 e. The molecule has 9 atom stereocenters. The van der Waals surface area contributed by atoms with Crippen LogP contribution in [0.15, 0.2) is 18.3 Å². The Labute approximate surface area is 204 Å². The summed E-state index contributed by atoms with van der Waals surface area (Å²) in [4.78, 5) is 3.71. The first-order valence-corrected chi connectivity index (χ1v) is 14.2. The van der Waals surface area contributed by atoms with E-state index in [4.69, 9.17) is 0 Å². The largest absolute Gasteiger partial charge is 0.433 e. The van der Waals surface area contributed by atoms with Crippen LogP contribution in [0.2, 0.25) is 0 Å². The highest BCUT2D eigenvalue weighted by Gasteiger charge is 2.57. The molecule has 0 amide bonds. The van der Waals surface area contributed by atoms with Crippen LogP contribution in [0, 0.1) is 52.8 Å². The number of halogens is 3. The maximum atomic E-state index is 12.9. The SMILES string of the molecule is CCCC1CCC2C(CCC3C2CCC2(C)C(C(C)Cc4ccc(C(F)(F)F)nc4)CCC32)C1. The van der Waals surface area contributed by atoms with Gasteiger partial charge in [0, 0.05) is 6.20 Å². The Kier molecular flexibility index (Phi) is 6.83. The zero-order chi connectivity index (χ0) is 24.1. The highest BCUT2D eigenvalue weighted by atomic mass is 19.4. The molecular formula is C30H44F3N. The molecule has 0 saturated heterocycles. The highest BCUT2D eigenvalue weighted by Crippen LogP contribution is 2.65. The van der Waals surface area contributed by atoms with Crippen molar-refractivity contribution in [3.8, 4) is 0 Å². The van der Waals surface area contributed by atoms with Gasteiger partial charge in [0.25, 0.3) is 0 Å². The Balaban J connectivity index is 1.24. The highest BCUT2D eigenvalue weighted by molar-refractivity contribution is 5.17. The summed E-state index contributed by atoms with van der Waals surface area (Å²) in [6, 6.07) is 2.80. The third-order valence-corrected chi connectivity index (χ3v) is 11.2. The monoisotopic (exact) mass is 475 g/mol. The fraction of sp³-hybridized carbons (Fsp3) is 0.833. The van der Waals surface area contributed by atoms with E-state index in [1.807, 2.05) is 0 Å². The summed E-state index contributed by atoms with van der Waals surface area (Å²) in [6.07, 6.45) is 13.6. The predicted molar refractivity (Wildman–Crippen MR) is 131 cm³/mol. The van der Waals surface area contributed by atoms with Gasteiger partial charge >= 0.3 is 6.18 Å². The Morgan fingerprint density at radius 3 is 2.50 bits per heavy atom. The second-order valence-corrected chi connectivity index (χ2v) is 12.9. The normalized spacial score (nSPS) is 40.8. The predicted octanol–water partition coefficient (Wildman–Crippen LogP) is 8.96. The van der Waals surface area contributed by atoms with Crippen LogP contribution in [0.1, 0.15) is 103 Å². The van der Waals surface area contributed by atoms with E-state index in [1.165, 1.54) is 76.8 Å². The summed E-state index contributed by atoms with van der Waals surface area (Å²) < 4.78 is 38.7. The average Bonchev–Trinajstić information content (AvgIpc) is 3.16. The molecule has 1 aromatic rings. The van der Waals surface area contributed by atoms with Crippen molar-refractivity contribution >= 4 is 0 Å². The number of hydrogen-bond acceptors (Lipinski definition) is 1. The van der Waals surface area contributed by atoms with Crippen LogP contribution in [-0.2, 0) is 12.6 Å². The van der Waals surface area contributed by atoms with E-state index in [1.54, 1.807) is 6.07 Å². The number of hydrogen-bond donors (Lipinski definition) is 0. The average molecular weight is 476 g/mol. The molecule has 34 heavy (non-hydrogen) atoms. The molecule has 4 aliphatic rings. The molecule has 4 fully saturated rings. The summed E-state index contributed by atoms with van der Waals surface area (Å²) >= 11 is 0. The van der Waals surface area contributed by atoms with Gasteiger partial charge in [-0.1, -0.05) is 46.1 Å². The maximum absolute atomic E-state index is 12.9. The molecule has 190 valence electrons. The lowest BCUT2D eigenvalue weighted by Crippen LogP contribution is -2.49. The van der Waals surface area contributed by atoms with Crippen molar-refractivity contribution in [2.45, 2.75) is 104 Å². The molecule has 1 heterocycles. The van der Waals surface area contributed by atoms with Crippen molar-refractivity contribution in [1.29, 1.82) is 0 Å². The van der Waals surface area contributed by atoms with Gasteiger partial charge in [0.2, 0.25) is 0 Å². The van der Waals surface area contributed by atoms with E-state index in [0.717, 1.165) is 53.6 Å². The van der Waals surface area contributed by atoms with Gasteiger partial charge in [-0.25, -0.2) is 0 Å². The Morgan fingerprint density at radius 2 is 1.79 bits per heavy atom. The molecule has 1 nitrogen and oxygen atoms in total. The zero-order valence-electron chi connectivity index (χ0n) is 21.4. The Morgan fingerprint density at radius 1 is 1.00 bits per heavy atom. The Bertz CT molecular complexity index is 832. The molecule has 0 N–H and O–H groups in total. The molecule has 4 heteroatoms. The van der Waals surface area contributed by atoms with E-state index in [0.29, 0.717) is 17.3 Å². The molecule has 4 saturated carbocycles. The standard InChI is InChI=1S/C30H44F3N/c1-4-5-20-6-9-23-22(17-20)8-10-25-24(23)14-15-29(3)26(11-12-27(25)29)19(2)16-21-7-13-28(34-18-21)30(31,32)33/h7,13,18-20,22-27H,4-6,8-12,14-17H2,1-3H3. The van der Waals surface area contributed by atoms with Gasteiger partial charge in [-0.2, -0.15) is 13.2 Å². The lowest BCUT2D eigenvalue weighted by molar-refractivity contribution is -0.141. The van der Waals surface area contributed by atoms with Crippen molar-refractivity contribution in [2.75, 3.05) is 0 Å². The third kappa shape index (κ3) is 4.45. The number of aromatic nitrogens is 1. The zero-order valence-corrected chi connectivity index (χ0v) is 21.4. The first-order valence-electron chi connectivity index (χ1n) is 14.2. The molecule has 5 rings (SSSR count). The van der Waals surface area contributed by atoms with Crippen LogP contribution in [0.3, 0.4) is 0 Å². The van der Waals surface area contributed by atoms with Gasteiger partial charge in [-0.05, 0) is 122 Å². The van der Waals surface area contributed by atoms with Crippen molar-refractivity contribution in [3.05, 3.63) is 29.6 Å². The molecule has 0 aromatic carbocycles. The van der Waals surface area contributed by atoms with Gasteiger partial charge in [-0.15, -0.1) is 0 Å². The van der Waals surface area contributed by atoms with E-state index < -0.39 is 11.9 Å². The second kappa shape index (κ2) is 9.43. The van der Waals surface area contributed by atoms with Crippen molar-refractivity contribution in [3.63, 3.8) is 0 Å². The van der Waals surface area contributed by atoms with Gasteiger partial charge in [0.05, 0.1) is 0 Å². The van der Waals surface area contributed by atoms with Crippen molar-refractivity contribution < 1.29 is 13.2 Å². The van der Waals surface area contributed by atoms with Crippen LogP contribution >= 0.6 is 0 Å². The molecule has 0 spiro atoms. The molecule has 0 aliphatic heterocycles. The van der Waals surface area contributed by atoms with E-state index in [-0.39, 0.29) is 0 Å². The summed E-state index contributed by atoms with van der Waals surface area (Å²) in [7, 11) is 0. The molecule has 4 aliphatic carbocycles. The van der Waals surface area contributed by atoms with Gasteiger partial charge < -0.3 is 0 Å². The molecule has 9 unspecified atom stereocenters. The smallest absolute Gasteiger partial charge is 0.252 e. The fourth-order valence-corrected chi connectivity index (χ4v) is 9.82. The number of fused-ring (bicyclic) bond motifs is 5. The molecular weight excluding hydrogens is 431 g/mol. The first kappa shape index (κ1) is 24.6. The van der Waals surface area contributed by atoms with Crippen molar-refractivity contribution in [1.82, 2.24) is 4.98 Å². The molecule has 1 aromatic heterocycles. The van der Waals surface area contributed by atoms with E-state index >= 15 is 0 Å².